The molecule has 1 fully saturated rings. The highest BCUT2D eigenvalue weighted by Crippen LogP contribution is 2.28. The molecule has 5 rings (SSSR count). The molecule has 0 saturated carbocycles. The van der Waals surface area contributed by atoms with Gasteiger partial charge in [-0.25, -0.2) is 14.5 Å². The molecule has 7 heteroatoms. The summed E-state index contributed by atoms with van der Waals surface area (Å²) in [7, 11) is 0. The summed E-state index contributed by atoms with van der Waals surface area (Å²) < 4.78 is 9.39. The summed E-state index contributed by atoms with van der Waals surface area (Å²) in [4.78, 5) is 9.38. The van der Waals surface area contributed by atoms with Crippen LogP contribution in [0.2, 0.25) is 0 Å². The quantitative estimate of drug-likeness (QED) is 0.558. The van der Waals surface area contributed by atoms with E-state index in [1.807, 2.05) is 24.5 Å². The fourth-order valence-corrected chi connectivity index (χ4v) is 3.54. The van der Waals surface area contributed by atoms with Crippen LogP contribution in [0.3, 0.4) is 0 Å². The normalized spacial score (nSPS) is 15.5. The van der Waals surface area contributed by atoms with Gasteiger partial charge in [0.05, 0.1) is 35.4 Å². The predicted molar refractivity (Wildman–Crippen MR) is 95.5 cm³/mol. The lowest BCUT2D eigenvalue weighted by atomic mass is 10.1. The van der Waals surface area contributed by atoms with Gasteiger partial charge >= 0.3 is 0 Å². The largest absolute Gasteiger partial charge is 0.381 e. The second kappa shape index (κ2) is 5.93. The van der Waals surface area contributed by atoms with E-state index < -0.39 is 0 Å². The van der Waals surface area contributed by atoms with Crippen LogP contribution in [-0.2, 0) is 4.74 Å². The predicted octanol–water partition coefficient (Wildman–Crippen LogP) is 2.97. The Morgan fingerprint density at radius 2 is 2.08 bits per heavy atom. The van der Waals surface area contributed by atoms with E-state index in [2.05, 4.69) is 20.7 Å². The molecular formula is C19H16N6O. The third kappa shape index (κ3) is 2.35. The molecule has 4 aromatic rings. The molecule has 0 spiro atoms. The molecule has 0 atom stereocenters. The van der Waals surface area contributed by atoms with Crippen LogP contribution < -0.4 is 0 Å². The molecule has 26 heavy (non-hydrogen) atoms. The Labute approximate surface area is 149 Å². The van der Waals surface area contributed by atoms with Crippen molar-refractivity contribution in [2.75, 3.05) is 13.2 Å². The monoisotopic (exact) mass is 344 g/mol. The summed E-state index contributed by atoms with van der Waals surface area (Å²) >= 11 is 0. The van der Waals surface area contributed by atoms with Crippen molar-refractivity contribution in [3.63, 3.8) is 0 Å². The smallest absolute Gasteiger partial charge is 0.160 e. The highest BCUT2D eigenvalue weighted by atomic mass is 16.5. The zero-order chi connectivity index (χ0) is 17.5. The Balaban J connectivity index is 1.65. The fraction of sp³-hybridized carbons (Fsp3) is 0.263. The van der Waals surface area contributed by atoms with Gasteiger partial charge in [0.2, 0.25) is 0 Å². The first-order valence-corrected chi connectivity index (χ1v) is 8.63. The molecule has 0 radical (unpaired) electrons. The second-order valence-electron chi connectivity index (χ2n) is 6.45. The zero-order valence-electron chi connectivity index (χ0n) is 14.0. The van der Waals surface area contributed by atoms with E-state index in [-0.39, 0.29) is 0 Å². The molecule has 1 aliphatic heterocycles. The molecule has 0 amide bonds. The summed E-state index contributed by atoms with van der Waals surface area (Å²) in [6.45, 7) is 1.55. The molecule has 0 bridgehead atoms. The summed E-state index contributed by atoms with van der Waals surface area (Å²) in [6, 6.07) is 10.1. The van der Waals surface area contributed by atoms with Gasteiger partial charge in [-0.3, -0.25) is 0 Å². The van der Waals surface area contributed by atoms with Gasteiger partial charge in [0, 0.05) is 31.0 Å². The highest BCUT2D eigenvalue weighted by molar-refractivity contribution is 5.82. The molecule has 0 aromatic carbocycles. The number of hydrogen-bond donors (Lipinski definition) is 0. The van der Waals surface area contributed by atoms with Crippen LogP contribution in [0.15, 0.2) is 43.0 Å². The maximum atomic E-state index is 9.17. The van der Waals surface area contributed by atoms with E-state index in [9.17, 15) is 5.26 Å². The summed E-state index contributed by atoms with van der Waals surface area (Å²) in [5.41, 5.74) is 4.97. The lowest BCUT2D eigenvalue weighted by Gasteiger charge is -2.23. The molecule has 7 nitrogen and oxygen atoms in total. The van der Waals surface area contributed by atoms with E-state index in [0.29, 0.717) is 11.6 Å². The maximum absolute atomic E-state index is 9.17. The molecule has 1 aliphatic rings. The number of fused-ring (bicyclic) bond motifs is 2. The van der Waals surface area contributed by atoms with Gasteiger partial charge in [0.1, 0.15) is 5.52 Å². The van der Waals surface area contributed by atoms with Crippen molar-refractivity contribution in [1.29, 1.82) is 5.26 Å². The average Bonchev–Trinajstić information content (AvgIpc) is 3.31. The zero-order valence-corrected chi connectivity index (χ0v) is 14.0. The summed E-state index contributed by atoms with van der Waals surface area (Å²) in [5.74, 6) is 0. The lowest BCUT2D eigenvalue weighted by Crippen LogP contribution is -2.19. The third-order valence-electron chi connectivity index (χ3n) is 4.93. The number of nitrogens with zero attached hydrogens (tertiary/aromatic N) is 6. The first-order valence-electron chi connectivity index (χ1n) is 8.63. The van der Waals surface area contributed by atoms with Crippen molar-refractivity contribution in [2.24, 2.45) is 0 Å². The van der Waals surface area contributed by atoms with Crippen LogP contribution in [0.25, 0.3) is 27.9 Å². The van der Waals surface area contributed by atoms with Crippen LogP contribution in [0.4, 0.5) is 0 Å². The van der Waals surface area contributed by atoms with Crippen LogP contribution in [-0.4, -0.2) is 37.4 Å². The minimum absolute atomic E-state index is 0.366. The van der Waals surface area contributed by atoms with Crippen molar-refractivity contribution >= 4 is 16.7 Å². The van der Waals surface area contributed by atoms with Gasteiger partial charge in [0.25, 0.3) is 0 Å². The SMILES string of the molecule is N#Cc1ccn2ncc(-c3ccc4ncn(C5CCOCC5)c4n3)c2c1. The topological polar surface area (TPSA) is 81.0 Å². The molecule has 0 unspecified atom stereocenters. The Kier molecular flexibility index (Phi) is 3.43. The highest BCUT2D eigenvalue weighted by Gasteiger charge is 2.19. The van der Waals surface area contributed by atoms with Gasteiger partial charge < -0.3 is 9.30 Å². The molecular weight excluding hydrogens is 328 g/mol. The van der Waals surface area contributed by atoms with Crippen molar-refractivity contribution < 1.29 is 4.74 Å². The molecule has 0 N–H and O–H groups in total. The third-order valence-corrected chi connectivity index (χ3v) is 4.93. The number of rotatable bonds is 2. The number of imidazole rings is 1. The van der Waals surface area contributed by atoms with Gasteiger partial charge in [-0.15, -0.1) is 0 Å². The van der Waals surface area contributed by atoms with Gasteiger partial charge in [-0.05, 0) is 37.1 Å². The summed E-state index contributed by atoms with van der Waals surface area (Å²) in [5, 5.41) is 13.6. The lowest BCUT2D eigenvalue weighted by molar-refractivity contribution is 0.0704. The van der Waals surface area contributed by atoms with Crippen molar-refractivity contribution in [3.8, 4) is 17.3 Å². The van der Waals surface area contributed by atoms with Crippen molar-refractivity contribution in [2.45, 2.75) is 18.9 Å². The number of hydrogen-bond acceptors (Lipinski definition) is 5. The van der Waals surface area contributed by atoms with Gasteiger partial charge in [-0.1, -0.05) is 0 Å². The second-order valence-corrected chi connectivity index (χ2v) is 6.45. The van der Waals surface area contributed by atoms with Gasteiger partial charge in [-0.2, -0.15) is 10.4 Å². The van der Waals surface area contributed by atoms with Crippen LogP contribution in [0.5, 0.6) is 0 Å². The first kappa shape index (κ1) is 15.0. The van der Waals surface area contributed by atoms with Crippen LogP contribution >= 0.6 is 0 Å². The maximum Gasteiger partial charge on any atom is 0.160 e. The van der Waals surface area contributed by atoms with E-state index in [0.717, 1.165) is 54.0 Å². The van der Waals surface area contributed by atoms with E-state index >= 15 is 0 Å². The number of pyridine rings is 2. The standard InChI is InChI=1S/C19H16N6O/c20-10-13-3-6-25-18(9-13)15(11-22-25)16-1-2-17-19(23-16)24(12-21-17)14-4-7-26-8-5-14/h1-3,6,9,11-12,14H,4-5,7-8H2. The minimum Gasteiger partial charge on any atom is -0.381 e. The Bertz CT molecular complexity index is 1150. The number of ether oxygens (including phenoxy) is 1. The fourth-order valence-electron chi connectivity index (χ4n) is 3.54. The number of aromatic nitrogens is 5. The molecule has 0 aliphatic carbocycles. The Morgan fingerprint density at radius 3 is 2.92 bits per heavy atom. The van der Waals surface area contributed by atoms with Crippen molar-refractivity contribution in [1.82, 2.24) is 24.1 Å². The molecule has 5 heterocycles. The van der Waals surface area contributed by atoms with Crippen LogP contribution in [0, 0.1) is 11.3 Å². The molecule has 4 aromatic heterocycles. The molecule has 128 valence electrons. The minimum atomic E-state index is 0.366. The molecule has 1 saturated heterocycles. The van der Waals surface area contributed by atoms with E-state index in [1.54, 1.807) is 23.0 Å². The Hall–Kier alpha value is -3.24. The Morgan fingerprint density at radius 1 is 1.19 bits per heavy atom. The summed E-state index contributed by atoms with van der Waals surface area (Å²) in [6.07, 6.45) is 7.41. The van der Waals surface area contributed by atoms with E-state index in [4.69, 9.17) is 9.72 Å². The first-order chi connectivity index (χ1) is 12.8. The van der Waals surface area contributed by atoms with Crippen LogP contribution in [0.1, 0.15) is 24.4 Å². The van der Waals surface area contributed by atoms with E-state index in [1.165, 1.54) is 0 Å². The average molecular weight is 344 g/mol. The van der Waals surface area contributed by atoms with Gasteiger partial charge in [0.15, 0.2) is 5.65 Å². The number of nitriles is 1. The van der Waals surface area contributed by atoms with Crippen molar-refractivity contribution in [3.05, 3.63) is 48.5 Å².